The Morgan fingerprint density at radius 1 is 1.28 bits per heavy atom. The second-order valence-electron chi connectivity index (χ2n) is 7.22. The molecule has 0 N–H and O–H groups in total. The molecule has 1 aliphatic heterocycles. The van der Waals surface area contributed by atoms with Crippen molar-refractivity contribution in [3.8, 4) is 0 Å². The van der Waals surface area contributed by atoms with Crippen LogP contribution in [0.15, 0.2) is 36.7 Å². The van der Waals surface area contributed by atoms with Gasteiger partial charge >= 0.3 is 0 Å². The molecule has 2 aromatic rings. The minimum atomic E-state index is -0.0695. The minimum absolute atomic E-state index is 0.0695. The van der Waals surface area contributed by atoms with E-state index < -0.39 is 0 Å². The predicted octanol–water partition coefficient (Wildman–Crippen LogP) is 2.59. The summed E-state index contributed by atoms with van der Waals surface area (Å²) in [7, 11) is 1.86. The van der Waals surface area contributed by atoms with Crippen LogP contribution in [-0.4, -0.2) is 46.2 Å². The normalized spacial score (nSPS) is 20.8. The molecule has 1 aromatic heterocycles. The van der Waals surface area contributed by atoms with Crippen molar-refractivity contribution < 1.29 is 9.59 Å². The van der Waals surface area contributed by atoms with E-state index in [1.165, 1.54) is 0 Å². The molecule has 2 aliphatic rings. The number of aromatic nitrogens is 1. The van der Waals surface area contributed by atoms with E-state index >= 15 is 0 Å². The lowest BCUT2D eigenvalue weighted by Gasteiger charge is -2.34. The number of carbonyl (C=O) groups excluding carboxylic acids is 2. The van der Waals surface area contributed by atoms with Gasteiger partial charge in [-0.15, -0.1) is 0 Å². The summed E-state index contributed by atoms with van der Waals surface area (Å²) in [5, 5.41) is 2.22. The van der Waals surface area contributed by atoms with Gasteiger partial charge < -0.3 is 9.80 Å². The monoisotopic (exact) mass is 337 g/mol. The molecule has 0 radical (unpaired) electrons. The number of amides is 2. The number of carbonyl (C=O) groups is 2. The first-order chi connectivity index (χ1) is 12.1. The van der Waals surface area contributed by atoms with Gasteiger partial charge in [0.05, 0.1) is 5.92 Å². The van der Waals surface area contributed by atoms with Crippen molar-refractivity contribution in [3.05, 3.63) is 42.2 Å². The van der Waals surface area contributed by atoms with Crippen molar-refractivity contribution in [3.63, 3.8) is 0 Å². The fourth-order valence-corrected chi connectivity index (χ4v) is 3.78. The van der Waals surface area contributed by atoms with Gasteiger partial charge in [-0.25, -0.2) is 0 Å². The Morgan fingerprint density at radius 2 is 2.12 bits per heavy atom. The lowest BCUT2D eigenvalue weighted by atomic mass is 9.95. The van der Waals surface area contributed by atoms with E-state index in [1.54, 1.807) is 11.1 Å². The first-order valence-electron chi connectivity index (χ1n) is 8.99. The Bertz CT molecular complexity index is 810. The number of pyridine rings is 1. The zero-order valence-corrected chi connectivity index (χ0v) is 14.5. The topological polar surface area (TPSA) is 53.5 Å². The van der Waals surface area contributed by atoms with Gasteiger partial charge in [-0.1, -0.05) is 18.2 Å². The quantitative estimate of drug-likeness (QED) is 0.862. The van der Waals surface area contributed by atoms with E-state index in [1.807, 2.05) is 36.3 Å². The maximum atomic E-state index is 12.9. The lowest BCUT2D eigenvalue weighted by molar-refractivity contribution is -0.143. The number of nitrogens with zero attached hydrogens (tertiary/aromatic N) is 3. The maximum Gasteiger partial charge on any atom is 0.227 e. The first-order valence-corrected chi connectivity index (χ1v) is 8.99. The average Bonchev–Trinajstić information content (AvgIpc) is 3.47. The van der Waals surface area contributed by atoms with E-state index in [2.05, 4.69) is 11.1 Å². The molecule has 4 rings (SSSR count). The summed E-state index contributed by atoms with van der Waals surface area (Å²) >= 11 is 0. The van der Waals surface area contributed by atoms with Crippen molar-refractivity contribution in [2.45, 2.75) is 38.3 Å². The number of piperidine rings is 1. The van der Waals surface area contributed by atoms with Crippen LogP contribution in [0.2, 0.25) is 0 Å². The Labute approximate surface area is 147 Å². The van der Waals surface area contributed by atoms with E-state index in [-0.39, 0.29) is 17.7 Å². The van der Waals surface area contributed by atoms with Crippen LogP contribution >= 0.6 is 0 Å². The van der Waals surface area contributed by atoms with Gasteiger partial charge in [0.2, 0.25) is 11.8 Å². The van der Waals surface area contributed by atoms with Gasteiger partial charge in [0.1, 0.15) is 0 Å². The summed E-state index contributed by atoms with van der Waals surface area (Å²) in [5.74, 6) is 0.292. The minimum Gasteiger partial charge on any atom is -0.341 e. The molecule has 1 atom stereocenters. The number of rotatable bonds is 4. The number of fused-ring (bicyclic) bond motifs is 1. The lowest BCUT2D eigenvalue weighted by Crippen LogP contribution is -2.46. The second-order valence-corrected chi connectivity index (χ2v) is 7.22. The Balaban J connectivity index is 1.47. The SMILES string of the molecule is CN(Cc1cccc2cnccc12)C(=O)[C@H]1CCC(=O)N(C2CC2)C1. The molecule has 5 nitrogen and oxygen atoms in total. The molecule has 2 fully saturated rings. The number of benzene rings is 1. The van der Waals surface area contributed by atoms with Crippen molar-refractivity contribution >= 4 is 22.6 Å². The average molecular weight is 337 g/mol. The van der Waals surface area contributed by atoms with Crippen LogP contribution in [0.5, 0.6) is 0 Å². The van der Waals surface area contributed by atoms with Gasteiger partial charge in [0.25, 0.3) is 0 Å². The van der Waals surface area contributed by atoms with Crippen molar-refractivity contribution in [1.29, 1.82) is 0 Å². The second kappa shape index (κ2) is 6.47. The molecular formula is C20H23N3O2. The van der Waals surface area contributed by atoms with Crippen LogP contribution in [0.3, 0.4) is 0 Å². The van der Waals surface area contributed by atoms with E-state index in [4.69, 9.17) is 0 Å². The number of hydrogen-bond donors (Lipinski definition) is 0. The summed E-state index contributed by atoms with van der Waals surface area (Å²) in [4.78, 5) is 32.9. The van der Waals surface area contributed by atoms with Crippen LogP contribution in [0.1, 0.15) is 31.2 Å². The fraction of sp³-hybridized carbons (Fsp3) is 0.450. The molecule has 2 heterocycles. The third-order valence-electron chi connectivity index (χ3n) is 5.34. The van der Waals surface area contributed by atoms with Gasteiger partial charge in [0.15, 0.2) is 0 Å². The van der Waals surface area contributed by atoms with Crippen LogP contribution in [0.25, 0.3) is 10.8 Å². The smallest absolute Gasteiger partial charge is 0.227 e. The molecule has 0 bridgehead atoms. The number of hydrogen-bond acceptors (Lipinski definition) is 3. The highest BCUT2D eigenvalue weighted by molar-refractivity contribution is 5.86. The number of likely N-dealkylation sites (tertiary alicyclic amines) is 1. The van der Waals surface area contributed by atoms with Gasteiger partial charge in [0, 0.05) is 50.4 Å². The van der Waals surface area contributed by atoms with Crippen molar-refractivity contribution in [1.82, 2.24) is 14.8 Å². The third-order valence-corrected chi connectivity index (χ3v) is 5.34. The van der Waals surface area contributed by atoms with Crippen LogP contribution < -0.4 is 0 Å². The summed E-state index contributed by atoms with van der Waals surface area (Å²) in [5.41, 5.74) is 1.13. The predicted molar refractivity (Wildman–Crippen MR) is 95.7 cm³/mol. The van der Waals surface area contributed by atoms with E-state index in [0.29, 0.717) is 32.0 Å². The van der Waals surface area contributed by atoms with Gasteiger partial charge in [-0.2, -0.15) is 0 Å². The zero-order chi connectivity index (χ0) is 17.4. The van der Waals surface area contributed by atoms with E-state index in [0.717, 1.165) is 29.2 Å². The molecule has 2 amide bonds. The van der Waals surface area contributed by atoms with Gasteiger partial charge in [-0.3, -0.25) is 14.6 Å². The molecule has 5 heteroatoms. The highest BCUT2D eigenvalue weighted by Gasteiger charge is 2.39. The molecule has 0 unspecified atom stereocenters. The summed E-state index contributed by atoms with van der Waals surface area (Å²) < 4.78 is 0. The molecule has 0 spiro atoms. The van der Waals surface area contributed by atoms with Crippen LogP contribution in [0.4, 0.5) is 0 Å². The standard InChI is InChI=1S/C20H23N3O2/c1-22(12-15-4-2-3-14-11-21-10-9-18(14)15)20(25)16-5-8-19(24)23(13-16)17-6-7-17/h2-4,9-11,16-17H,5-8,12-13H2,1H3/t16-/m0/s1. The highest BCUT2D eigenvalue weighted by atomic mass is 16.2. The van der Waals surface area contributed by atoms with E-state index in [9.17, 15) is 9.59 Å². The zero-order valence-electron chi connectivity index (χ0n) is 14.5. The molecule has 1 saturated carbocycles. The summed E-state index contributed by atoms with van der Waals surface area (Å²) in [6, 6.07) is 8.49. The largest absolute Gasteiger partial charge is 0.341 e. The Hall–Kier alpha value is -2.43. The molecule has 25 heavy (non-hydrogen) atoms. The van der Waals surface area contributed by atoms with Crippen LogP contribution in [-0.2, 0) is 16.1 Å². The maximum absolute atomic E-state index is 12.9. The molecule has 1 saturated heterocycles. The molecule has 1 aromatic carbocycles. The molecule has 130 valence electrons. The summed E-state index contributed by atoms with van der Waals surface area (Å²) in [6.07, 6.45) is 6.99. The Morgan fingerprint density at radius 3 is 2.92 bits per heavy atom. The highest BCUT2D eigenvalue weighted by Crippen LogP contribution is 2.32. The summed E-state index contributed by atoms with van der Waals surface area (Å²) in [6.45, 7) is 1.17. The van der Waals surface area contributed by atoms with Crippen molar-refractivity contribution in [2.75, 3.05) is 13.6 Å². The third kappa shape index (κ3) is 3.23. The fourth-order valence-electron chi connectivity index (χ4n) is 3.78. The molecule has 1 aliphatic carbocycles. The van der Waals surface area contributed by atoms with Crippen LogP contribution in [0, 0.1) is 5.92 Å². The van der Waals surface area contributed by atoms with Crippen molar-refractivity contribution in [2.24, 2.45) is 5.92 Å². The first kappa shape index (κ1) is 16.1. The molecular weight excluding hydrogens is 314 g/mol. The van der Waals surface area contributed by atoms with Gasteiger partial charge in [-0.05, 0) is 36.3 Å². The Kier molecular flexibility index (Phi) is 4.15.